The van der Waals surface area contributed by atoms with Crippen LogP contribution in [0.1, 0.15) is 26.0 Å². The highest BCUT2D eigenvalue weighted by molar-refractivity contribution is 4.96. The maximum absolute atomic E-state index is 5.19. The van der Waals surface area contributed by atoms with E-state index in [4.69, 9.17) is 4.84 Å². The highest BCUT2D eigenvalue weighted by Gasteiger charge is 2.09. The van der Waals surface area contributed by atoms with Gasteiger partial charge in [-0.05, 0) is 18.4 Å². The van der Waals surface area contributed by atoms with E-state index in [9.17, 15) is 0 Å². The molecule has 1 aromatic rings. The molecule has 0 N–H and O–H groups in total. The molecule has 0 fully saturated rings. The molecular weight excluding hydrogens is 162 g/mol. The first-order chi connectivity index (χ1) is 6.24. The topological polar surface area (TPSA) is 13.1 Å². The van der Waals surface area contributed by atoms with E-state index in [2.05, 4.69) is 19.9 Å². The van der Waals surface area contributed by atoms with Crippen LogP contribution in [-0.4, -0.2) is 7.11 Å². The number of aromatic nitrogens is 1. The summed E-state index contributed by atoms with van der Waals surface area (Å²) in [5.41, 5.74) is 1.23. The van der Waals surface area contributed by atoms with Gasteiger partial charge in [-0.1, -0.05) is 13.8 Å². The Morgan fingerprint density at radius 1 is 1.38 bits per heavy atom. The zero-order chi connectivity index (χ0) is 9.68. The van der Waals surface area contributed by atoms with Gasteiger partial charge in [0, 0.05) is 23.3 Å². The van der Waals surface area contributed by atoms with Crippen LogP contribution in [0.3, 0.4) is 0 Å². The van der Waals surface area contributed by atoms with Gasteiger partial charge in [-0.15, -0.1) is 0 Å². The molecule has 1 heterocycles. The van der Waals surface area contributed by atoms with Gasteiger partial charge in [0.2, 0.25) is 11.9 Å². The summed E-state index contributed by atoms with van der Waals surface area (Å²) in [6.45, 7) is 4.47. The van der Waals surface area contributed by atoms with Crippen LogP contribution in [0, 0.1) is 5.92 Å². The molecule has 2 heteroatoms. The van der Waals surface area contributed by atoms with Crippen molar-refractivity contribution in [2.75, 3.05) is 7.11 Å². The Bertz CT molecular complexity index is 258. The fourth-order valence-electron chi connectivity index (χ4n) is 1.27. The molecule has 0 unspecified atom stereocenters. The monoisotopic (exact) mass is 180 g/mol. The van der Waals surface area contributed by atoms with Crippen LogP contribution < -0.4 is 9.57 Å². The average Bonchev–Trinajstić information content (AvgIpc) is 2.15. The first-order valence-electron chi connectivity index (χ1n) is 4.78. The molecule has 1 aromatic heterocycles. The first kappa shape index (κ1) is 10.0. The highest BCUT2D eigenvalue weighted by Crippen LogP contribution is 2.04. The standard InChI is InChI=1S/C11H18NO/c1-10(2)7-8-11-6-4-5-9-12(11)13-3/h4-6,9-10H,7-8H2,1-3H3/q+1. The average molecular weight is 180 g/mol. The second-order valence-electron chi connectivity index (χ2n) is 3.63. The van der Waals surface area contributed by atoms with E-state index in [1.165, 1.54) is 12.1 Å². The summed E-state index contributed by atoms with van der Waals surface area (Å²) in [7, 11) is 1.69. The van der Waals surface area contributed by atoms with Crippen molar-refractivity contribution >= 4 is 0 Å². The zero-order valence-corrected chi connectivity index (χ0v) is 8.66. The molecule has 0 bridgehead atoms. The number of hydrogen-bond acceptors (Lipinski definition) is 1. The Morgan fingerprint density at radius 2 is 2.15 bits per heavy atom. The molecule has 0 saturated heterocycles. The summed E-state index contributed by atoms with van der Waals surface area (Å²) in [5, 5.41) is 0. The lowest BCUT2D eigenvalue weighted by Gasteiger charge is -2.02. The Hall–Kier alpha value is -1.05. The minimum atomic E-state index is 0.741. The van der Waals surface area contributed by atoms with Gasteiger partial charge in [0.15, 0.2) is 0 Å². The third-order valence-electron chi connectivity index (χ3n) is 2.08. The quantitative estimate of drug-likeness (QED) is 0.642. The maximum Gasteiger partial charge on any atom is 0.234 e. The van der Waals surface area contributed by atoms with Crippen LogP contribution in [0.15, 0.2) is 24.4 Å². The van der Waals surface area contributed by atoms with Crippen molar-refractivity contribution in [2.45, 2.75) is 26.7 Å². The summed E-state index contributed by atoms with van der Waals surface area (Å²) >= 11 is 0. The molecule has 72 valence electrons. The lowest BCUT2D eigenvalue weighted by atomic mass is 10.1. The molecule has 1 rings (SSSR count). The third-order valence-corrected chi connectivity index (χ3v) is 2.08. The molecule has 0 amide bonds. The maximum atomic E-state index is 5.19. The Kier molecular flexibility index (Phi) is 3.74. The van der Waals surface area contributed by atoms with E-state index >= 15 is 0 Å². The van der Waals surface area contributed by atoms with E-state index in [1.54, 1.807) is 7.11 Å². The van der Waals surface area contributed by atoms with Crippen molar-refractivity contribution in [3.8, 4) is 0 Å². The van der Waals surface area contributed by atoms with Gasteiger partial charge in [0.25, 0.3) is 0 Å². The van der Waals surface area contributed by atoms with Gasteiger partial charge in [0.05, 0.1) is 0 Å². The summed E-state index contributed by atoms with van der Waals surface area (Å²) in [4.78, 5) is 5.19. The SMILES string of the molecule is CO[n+]1ccccc1CCC(C)C. The van der Waals surface area contributed by atoms with Crippen molar-refractivity contribution < 1.29 is 9.57 Å². The second-order valence-corrected chi connectivity index (χ2v) is 3.63. The van der Waals surface area contributed by atoms with Crippen molar-refractivity contribution in [2.24, 2.45) is 5.92 Å². The Morgan fingerprint density at radius 3 is 2.77 bits per heavy atom. The molecular formula is C11H18NO+. The van der Waals surface area contributed by atoms with Crippen LogP contribution in [-0.2, 0) is 6.42 Å². The molecule has 0 aliphatic heterocycles. The third kappa shape index (κ3) is 3.05. The predicted molar refractivity (Wildman–Crippen MR) is 52.3 cm³/mol. The van der Waals surface area contributed by atoms with Gasteiger partial charge < -0.3 is 0 Å². The molecule has 0 radical (unpaired) electrons. The smallest absolute Gasteiger partial charge is 0.234 e. The molecule has 0 saturated carbocycles. The van der Waals surface area contributed by atoms with Gasteiger partial charge in [-0.3, -0.25) is 4.84 Å². The summed E-state index contributed by atoms with van der Waals surface area (Å²) in [5.74, 6) is 0.741. The molecule has 2 nitrogen and oxygen atoms in total. The van der Waals surface area contributed by atoms with Gasteiger partial charge in [-0.25, -0.2) is 0 Å². The van der Waals surface area contributed by atoms with Crippen LogP contribution in [0.5, 0.6) is 0 Å². The van der Waals surface area contributed by atoms with Crippen LogP contribution >= 0.6 is 0 Å². The number of nitrogens with zero attached hydrogens (tertiary/aromatic N) is 1. The second kappa shape index (κ2) is 4.85. The molecule has 0 spiro atoms. The Labute approximate surface area is 80.1 Å². The highest BCUT2D eigenvalue weighted by atomic mass is 16.6. The minimum Gasteiger partial charge on any atom is -0.274 e. The molecule has 0 aliphatic carbocycles. The molecule has 0 aliphatic rings. The largest absolute Gasteiger partial charge is 0.274 e. The van der Waals surface area contributed by atoms with Crippen LogP contribution in [0.4, 0.5) is 0 Å². The Balaban J connectivity index is 2.64. The van der Waals surface area contributed by atoms with Gasteiger partial charge in [0.1, 0.15) is 7.11 Å². The summed E-state index contributed by atoms with van der Waals surface area (Å²) in [6, 6.07) is 6.12. The molecule has 0 aromatic carbocycles. The van der Waals surface area contributed by atoms with E-state index < -0.39 is 0 Å². The van der Waals surface area contributed by atoms with Crippen molar-refractivity contribution in [1.82, 2.24) is 0 Å². The number of pyridine rings is 1. The van der Waals surface area contributed by atoms with Crippen LogP contribution in [0.25, 0.3) is 0 Å². The lowest BCUT2D eigenvalue weighted by Crippen LogP contribution is -2.44. The van der Waals surface area contributed by atoms with Crippen molar-refractivity contribution in [1.29, 1.82) is 0 Å². The van der Waals surface area contributed by atoms with E-state index in [-0.39, 0.29) is 0 Å². The minimum absolute atomic E-state index is 0.741. The first-order valence-corrected chi connectivity index (χ1v) is 4.78. The lowest BCUT2D eigenvalue weighted by molar-refractivity contribution is -0.890. The zero-order valence-electron chi connectivity index (χ0n) is 8.66. The molecule has 13 heavy (non-hydrogen) atoms. The number of rotatable bonds is 4. The normalized spacial score (nSPS) is 10.5. The molecule has 0 atom stereocenters. The van der Waals surface area contributed by atoms with Crippen molar-refractivity contribution in [3.05, 3.63) is 30.1 Å². The van der Waals surface area contributed by atoms with E-state index in [0.29, 0.717) is 0 Å². The predicted octanol–water partition coefficient (Wildman–Crippen LogP) is 1.62. The number of hydrogen-bond donors (Lipinski definition) is 0. The van der Waals surface area contributed by atoms with E-state index in [0.717, 1.165) is 12.3 Å². The van der Waals surface area contributed by atoms with Gasteiger partial charge >= 0.3 is 0 Å². The van der Waals surface area contributed by atoms with Crippen LogP contribution in [0.2, 0.25) is 0 Å². The van der Waals surface area contributed by atoms with E-state index in [1.807, 2.05) is 23.1 Å². The number of aryl methyl sites for hydroxylation is 1. The fraction of sp³-hybridized carbons (Fsp3) is 0.545. The van der Waals surface area contributed by atoms with Crippen molar-refractivity contribution in [3.63, 3.8) is 0 Å². The summed E-state index contributed by atoms with van der Waals surface area (Å²) in [6.07, 6.45) is 4.22. The van der Waals surface area contributed by atoms with Gasteiger partial charge in [-0.2, -0.15) is 0 Å². The fourth-order valence-corrected chi connectivity index (χ4v) is 1.27. The summed E-state index contributed by atoms with van der Waals surface area (Å²) < 4.78 is 1.82.